The minimum atomic E-state index is -0.0263. The fourth-order valence-electron chi connectivity index (χ4n) is 1.71. The summed E-state index contributed by atoms with van der Waals surface area (Å²) in [4.78, 5) is 18.6. The fraction of sp³-hybridized carbons (Fsp3) is 0.250. The third kappa shape index (κ3) is 4.43. The summed E-state index contributed by atoms with van der Waals surface area (Å²) < 4.78 is 0. The van der Waals surface area contributed by atoms with Crippen LogP contribution in [0.15, 0.2) is 36.4 Å². The molecule has 21 heavy (non-hydrogen) atoms. The van der Waals surface area contributed by atoms with E-state index < -0.39 is 0 Å². The number of carbonyl (C=O) groups excluding carboxylic acids is 1. The van der Waals surface area contributed by atoms with Gasteiger partial charge in [0.05, 0.1) is 10.6 Å². The van der Waals surface area contributed by atoms with Crippen LogP contribution in [0, 0.1) is 6.92 Å². The Kier molecular flexibility index (Phi) is 5.11. The second-order valence-electron chi connectivity index (χ2n) is 4.87. The van der Waals surface area contributed by atoms with E-state index in [0.29, 0.717) is 0 Å². The maximum atomic E-state index is 11.6. The van der Waals surface area contributed by atoms with Gasteiger partial charge in [0.15, 0.2) is 5.13 Å². The van der Waals surface area contributed by atoms with Crippen LogP contribution in [0.25, 0.3) is 6.08 Å². The highest BCUT2D eigenvalue weighted by Crippen LogP contribution is 2.24. The lowest BCUT2D eigenvalue weighted by Gasteiger charge is -2.04. The van der Waals surface area contributed by atoms with E-state index in [2.05, 4.69) is 22.4 Å². The summed E-state index contributed by atoms with van der Waals surface area (Å²) in [5, 5.41) is 4.18. The third-order valence-electron chi connectivity index (χ3n) is 2.94. The zero-order chi connectivity index (χ0) is 15.2. The first-order chi connectivity index (χ1) is 10.1. The number of hydrogen-bond acceptors (Lipinski definition) is 4. The van der Waals surface area contributed by atoms with Gasteiger partial charge in [-0.25, -0.2) is 4.98 Å². The first kappa shape index (κ1) is 15.3. The van der Waals surface area contributed by atoms with Crippen molar-refractivity contribution < 1.29 is 4.79 Å². The summed E-state index contributed by atoms with van der Waals surface area (Å²) in [5.41, 5.74) is 2.14. The molecule has 1 aromatic heterocycles. The van der Waals surface area contributed by atoms with E-state index in [1.165, 1.54) is 5.56 Å². The van der Waals surface area contributed by atoms with Crippen molar-refractivity contribution in [3.8, 4) is 0 Å². The topological polar surface area (TPSA) is 45.2 Å². The van der Waals surface area contributed by atoms with E-state index in [0.717, 1.165) is 22.2 Å². The van der Waals surface area contributed by atoms with Gasteiger partial charge >= 0.3 is 0 Å². The smallest absolute Gasteiger partial charge is 0.246 e. The van der Waals surface area contributed by atoms with E-state index in [1.54, 1.807) is 36.4 Å². The number of aromatic nitrogens is 1. The maximum absolute atomic E-state index is 11.6. The number of rotatable bonds is 5. The van der Waals surface area contributed by atoms with Gasteiger partial charge in [0.1, 0.15) is 0 Å². The molecule has 2 rings (SSSR count). The van der Waals surface area contributed by atoms with Crippen LogP contribution >= 0.6 is 11.3 Å². The highest BCUT2D eigenvalue weighted by molar-refractivity contribution is 7.16. The predicted octanol–water partition coefficient (Wildman–Crippen LogP) is 3.17. The highest BCUT2D eigenvalue weighted by Gasteiger charge is 2.06. The van der Waals surface area contributed by atoms with Crippen LogP contribution in [-0.2, 0) is 11.3 Å². The van der Waals surface area contributed by atoms with Gasteiger partial charge in [0.25, 0.3) is 0 Å². The molecular weight excluding hydrogens is 282 g/mol. The molecular formula is C16H19N3OS. The monoisotopic (exact) mass is 301 g/mol. The molecule has 0 bridgehead atoms. The summed E-state index contributed by atoms with van der Waals surface area (Å²) in [7, 11) is 3.47. The Morgan fingerprint density at radius 3 is 2.71 bits per heavy atom. The van der Waals surface area contributed by atoms with Gasteiger partial charge in [-0.3, -0.25) is 4.79 Å². The molecule has 4 nitrogen and oxygen atoms in total. The molecule has 0 radical (unpaired) electrons. The quantitative estimate of drug-likeness (QED) is 0.863. The first-order valence-electron chi connectivity index (χ1n) is 6.71. The molecule has 5 heteroatoms. The lowest BCUT2D eigenvalue weighted by atomic mass is 10.2. The summed E-state index contributed by atoms with van der Waals surface area (Å²) in [5.74, 6) is -0.0263. The van der Waals surface area contributed by atoms with Crippen molar-refractivity contribution in [1.29, 1.82) is 0 Å². The zero-order valence-electron chi connectivity index (χ0n) is 12.5. The van der Waals surface area contributed by atoms with Crippen molar-refractivity contribution in [3.63, 3.8) is 0 Å². The predicted molar refractivity (Wildman–Crippen MR) is 88.3 cm³/mol. The number of aryl methyl sites for hydroxylation is 1. The standard InChI is InChI=1S/C16H19N3OS/c1-12-14(9-10-15(20)19(2)3)21-16(18-12)17-11-13-7-5-4-6-8-13/h4-10H,11H2,1-3H3,(H,17,18). The van der Waals surface area contributed by atoms with Crippen molar-refractivity contribution in [2.45, 2.75) is 13.5 Å². The fourth-order valence-corrected chi connectivity index (χ4v) is 2.57. The van der Waals surface area contributed by atoms with Gasteiger partial charge in [-0.15, -0.1) is 0 Å². The first-order valence-corrected chi connectivity index (χ1v) is 7.52. The van der Waals surface area contributed by atoms with Crippen molar-refractivity contribution in [2.75, 3.05) is 19.4 Å². The van der Waals surface area contributed by atoms with Crippen molar-refractivity contribution >= 4 is 28.5 Å². The second kappa shape index (κ2) is 7.04. The van der Waals surface area contributed by atoms with E-state index in [4.69, 9.17) is 0 Å². The van der Waals surface area contributed by atoms with Crippen LogP contribution in [0.4, 0.5) is 5.13 Å². The van der Waals surface area contributed by atoms with E-state index in [9.17, 15) is 4.79 Å². The molecule has 1 aromatic carbocycles. The minimum absolute atomic E-state index is 0.0263. The van der Waals surface area contributed by atoms with Crippen LogP contribution < -0.4 is 5.32 Å². The molecule has 0 saturated carbocycles. The molecule has 2 aromatic rings. The summed E-state index contributed by atoms with van der Waals surface area (Å²) >= 11 is 1.55. The van der Waals surface area contributed by atoms with Crippen molar-refractivity contribution in [2.24, 2.45) is 0 Å². The number of carbonyl (C=O) groups is 1. The van der Waals surface area contributed by atoms with Crippen LogP contribution in [0.2, 0.25) is 0 Å². The van der Waals surface area contributed by atoms with Gasteiger partial charge in [-0.1, -0.05) is 41.7 Å². The molecule has 1 amide bonds. The molecule has 0 aliphatic carbocycles. The number of nitrogens with one attached hydrogen (secondary N) is 1. The number of anilines is 1. The Bertz CT molecular complexity index is 632. The van der Waals surface area contributed by atoms with E-state index in [1.807, 2.05) is 31.2 Å². The van der Waals surface area contributed by atoms with Gasteiger partial charge in [0, 0.05) is 26.7 Å². The Labute approximate surface area is 129 Å². The number of thiazole rings is 1. The molecule has 0 unspecified atom stereocenters. The number of likely N-dealkylation sites (N-methyl/N-ethyl adjacent to an activating group) is 1. The molecule has 0 aliphatic rings. The SMILES string of the molecule is Cc1nc(NCc2ccccc2)sc1C=CC(=O)N(C)C. The Hall–Kier alpha value is -2.14. The van der Waals surface area contributed by atoms with Crippen LogP contribution in [-0.4, -0.2) is 29.9 Å². The van der Waals surface area contributed by atoms with E-state index >= 15 is 0 Å². The lowest BCUT2D eigenvalue weighted by molar-refractivity contribution is -0.123. The highest BCUT2D eigenvalue weighted by atomic mass is 32.1. The molecule has 0 spiro atoms. The zero-order valence-corrected chi connectivity index (χ0v) is 13.3. The average Bonchev–Trinajstić information content (AvgIpc) is 2.84. The molecule has 0 atom stereocenters. The molecule has 0 saturated heterocycles. The minimum Gasteiger partial charge on any atom is -0.357 e. The van der Waals surface area contributed by atoms with Gasteiger partial charge < -0.3 is 10.2 Å². The molecule has 0 aliphatic heterocycles. The third-order valence-corrected chi connectivity index (χ3v) is 4.02. The summed E-state index contributed by atoms with van der Waals surface area (Å²) in [6.45, 7) is 2.69. The van der Waals surface area contributed by atoms with Crippen LogP contribution in [0.5, 0.6) is 0 Å². The Balaban J connectivity index is 2.00. The molecule has 1 N–H and O–H groups in total. The molecule has 110 valence electrons. The summed E-state index contributed by atoms with van der Waals surface area (Å²) in [6.07, 6.45) is 3.39. The number of benzene rings is 1. The number of nitrogens with zero attached hydrogens (tertiary/aromatic N) is 2. The van der Waals surface area contributed by atoms with Crippen LogP contribution in [0.3, 0.4) is 0 Å². The second-order valence-corrected chi connectivity index (χ2v) is 5.90. The van der Waals surface area contributed by atoms with Crippen LogP contribution in [0.1, 0.15) is 16.1 Å². The molecule has 0 fully saturated rings. The maximum Gasteiger partial charge on any atom is 0.246 e. The Morgan fingerprint density at radius 2 is 2.05 bits per heavy atom. The Morgan fingerprint density at radius 1 is 1.33 bits per heavy atom. The largest absolute Gasteiger partial charge is 0.357 e. The van der Waals surface area contributed by atoms with E-state index in [-0.39, 0.29) is 5.91 Å². The summed E-state index contributed by atoms with van der Waals surface area (Å²) in [6, 6.07) is 10.2. The van der Waals surface area contributed by atoms with Crippen molar-refractivity contribution in [1.82, 2.24) is 9.88 Å². The van der Waals surface area contributed by atoms with Gasteiger partial charge in [0.2, 0.25) is 5.91 Å². The average molecular weight is 301 g/mol. The van der Waals surface area contributed by atoms with Crippen molar-refractivity contribution in [3.05, 3.63) is 52.5 Å². The van der Waals surface area contributed by atoms with Gasteiger partial charge in [-0.2, -0.15) is 0 Å². The lowest BCUT2D eigenvalue weighted by Crippen LogP contribution is -2.18. The normalized spacial score (nSPS) is 10.8. The number of amides is 1. The molecule has 1 heterocycles. The number of hydrogen-bond donors (Lipinski definition) is 1. The van der Waals surface area contributed by atoms with Gasteiger partial charge in [-0.05, 0) is 18.6 Å².